The van der Waals surface area contributed by atoms with Gasteiger partial charge in [-0.3, -0.25) is 19.6 Å². The molecule has 7 nitrogen and oxygen atoms in total. The summed E-state index contributed by atoms with van der Waals surface area (Å²) in [7, 11) is 0. The van der Waals surface area contributed by atoms with E-state index in [9.17, 15) is 18.0 Å². The molecule has 0 aromatic carbocycles. The molecule has 0 aliphatic heterocycles. The molecule has 1 aliphatic carbocycles. The van der Waals surface area contributed by atoms with E-state index in [1.54, 1.807) is 23.1 Å². The van der Waals surface area contributed by atoms with Crippen molar-refractivity contribution in [3.05, 3.63) is 24.7 Å². The van der Waals surface area contributed by atoms with E-state index in [0.29, 0.717) is 22.6 Å². The summed E-state index contributed by atoms with van der Waals surface area (Å²) in [4.78, 5) is 16.5. The highest BCUT2D eigenvalue weighted by Crippen LogP contribution is 2.43. The molecule has 3 aromatic heterocycles. The zero-order valence-electron chi connectivity index (χ0n) is 15.3. The number of carbonyl (C=O) groups excluding carboxylic acids is 1. The van der Waals surface area contributed by atoms with Gasteiger partial charge < -0.3 is 5.32 Å². The molecule has 148 valence electrons. The van der Waals surface area contributed by atoms with E-state index in [-0.39, 0.29) is 6.54 Å². The van der Waals surface area contributed by atoms with Crippen LogP contribution in [-0.2, 0) is 11.3 Å². The number of fused-ring (bicyclic) bond motifs is 1. The number of anilines is 1. The Morgan fingerprint density at radius 3 is 2.79 bits per heavy atom. The van der Waals surface area contributed by atoms with Crippen molar-refractivity contribution < 1.29 is 18.0 Å². The minimum absolute atomic E-state index is 0.0718. The number of hydrogen-bond donors (Lipinski definition) is 2. The standard InChI is InChI=1S/C18H19F3N6O/c1-17(2,19)9-27-14-3-12(22-6-11(14)7-24-27)15-13(8-23-26-15)25-16(28)10-4-18(20,21)5-10/h3,6-8,10H,4-5,9H2,1-2H3,(H,23,26)(H,25,28). The first-order chi connectivity index (χ1) is 13.1. The number of carbonyl (C=O) groups is 1. The molecule has 1 fully saturated rings. The lowest BCUT2D eigenvalue weighted by Crippen LogP contribution is -2.42. The third-order valence-electron chi connectivity index (χ3n) is 4.67. The van der Waals surface area contributed by atoms with Gasteiger partial charge in [0.2, 0.25) is 11.8 Å². The van der Waals surface area contributed by atoms with Crippen molar-refractivity contribution in [1.82, 2.24) is 25.0 Å². The summed E-state index contributed by atoms with van der Waals surface area (Å²) in [5.74, 6) is -3.96. The van der Waals surface area contributed by atoms with Crippen LogP contribution < -0.4 is 5.32 Å². The van der Waals surface area contributed by atoms with Gasteiger partial charge in [-0.2, -0.15) is 10.2 Å². The lowest BCUT2D eigenvalue weighted by molar-refractivity contribution is -0.145. The molecule has 28 heavy (non-hydrogen) atoms. The number of alkyl halides is 3. The maximum absolute atomic E-state index is 14.0. The number of amides is 1. The summed E-state index contributed by atoms with van der Waals surface area (Å²) < 4.78 is 41.6. The molecule has 2 N–H and O–H groups in total. The van der Waals surface area contributed by atoms with Crippen molar-refractivity contribution in [2.45, 2.75) is 44.8 Å². The lowest BCUT2D eigenvalue weighted by Gasteiger charge is -2.33. The van der Waals surface area contributed by atoms with Gasteiger partial charge in [-0.15, -0.1) is 0 Å². The second kappa shape index (κ2) is 6.32. The number of aromatic amines is 1. The quantitative estimate of drug-likeness (QED) is 0.695. The second-order valence-corrected chi connectivity index (χ2v) is 7.76. The molecule has 0 unspecified atom stereocenters. The Hall–Kier alpha value is -2.91. The molecule has 10 heteroatoms. The minimum atomic E-state index is -2.77. The van der Waals surface area contributed by atoms with Crippen LogP contribution in [0.1, 0.15) is 26.7 Å². The number of rotatable bonds is 5. The fourth-order valence-corrected chi connectivity index (χ4v) is 3.25. The van der Waals surface area contributed by atoms with Crippen LogP contribution in [0, 0.1) is 5.92 Å². The van der Waals surface area contributed by atoms with Gasteiger partial charge in [-0.05, 0) is 19.9 Å². The molecule has 0 atom stereocenters. The number of nitrogens with zero attached hydrogens (tertiary/aromatic N) is 4. The Balaban J connectivity index is 1.60. The van der Waals surface area contributed by atoms with Gasteiger partial charge in [-0.1, -0.05) is 0 Å². The summed E-state index contributed by atoms with van der Waals surface area (Å²) >= 11 is 0. The van der Waals surface area contributed by atoms with Crippen LogP contribution in [0.3, 0.4) is 0 Å². The minimum Gasteiger partial charge on any atom is -0.323 e. The summed E-state index contributed by atoms with van der Waals surface area (Å²) in [6.45, 7) is 3.01. The van der Waals surface area contributed by atoms with E-state index >= 15 is 0 Å². The first-order valence-electron chi connectivity index (χ1n) is 8.84. The third kappa shape index (κ3) is 3.58. The first-order valence-corrected chi connectivity index (χ1v) is 8.84. The summed E-state index contributed by atoms with van der Waals surface area (Å²) in [6, 6.07) is 1.72. The zero-order valence-corrected chi connectivity index (χ0v) is 15.3. The van der Waals surface area contributed by atoms with Gasteiger partial charge in [0.1, 0.15) is 11.4 Å². The van der Waals surface area contributed by atoms with Crippen LogP contribution in [0.5, 0.6) is 0 Å². The first kappa shape index (κ1) is 18.5. The smallest absolute Gasteiger partial charge is 0.249 e. The number of aromatic nitrogens is 5. The molecule has 0 spiro atoms. The molecule has 0 bridgehead atoms. The molecule has 1 aliphatic rings. The normalized spacial score (nSPS) is 16.9. The van der Waals surface area contributed by atoms with Gasteiger partial charge >= 0.3 is 0 Å². The molecule has 3 heterocycles. The van der Waals surface area contributed by atoms with Crippen LogP contribution in [0.15, 0.2) is 24.7 Å². The molecular weight excluding hydrogens is 373 g/mol. The summed E-state index contributed by atoms with van der Waals surface area (Å²) in [5, 5.41) is 14.3. The maximum Gasteiger partial charge on any atom is 0.249 e. The molecule has 0 radical (unpaired) electrons. The molecule has 3 aromatic rings. The predicted octanol–water partition coefficient (Wildman–Crippen LogP) is 3.55. The van der Waals surface area contributed by atoms with E-state index in [2.05, 4.69) is 25.6 Å². The number of hydrogen-bond acceptors (Lipinski definition) is 4. The Labute approximate surface area is 158 Å². The van der Waals surface area contributed by atoms with Crippen molar-refractivity contribution in [2.75, 3.05) is 5.32 Å². The van der Waals surface area contributed by atoms with E-state index < -0.39 is 36.3 Å². The van der Waals surface area contributed by atoms with Gasteiger partial charge in [-0.25, -0.2) is 13.2 Å². The summed E-state index contributed by atoms with van der Waals surface area (Å²) in [6.07, 6.45) is 3.70. The Kier molecular flexibility index (Phi) is 4.16. The third-order valence-corrected chi connectivity index (χ3v) is 4.67. The highest BCUT2D eigenvalue weighted by atomic mass is 19.3. The van der Waals surface area contributed by atoms with Crippen molar-refractivity contribution in [3.63, 3.8) is 0 Å². The van der Waals surface area contributed by atoms with E-state index in [0.717, 1.165) is 5.39 Å². The van der Waals surface area contributed by atoms with E-state index in [1.807, 2.05) is 0 Å². The topological polar surface area (TPSA) is 88.5 Å². The van der Waals surface area contributed by atoms with Crippen molar-refractivity contribution in [2.24, 2.45) is 5.92 Å². The SMILES string of the molecule is CC(C)(F)Cn1ncc2cnc(-c3[nH]ncc3NC(=O)C3CC(F)(F)C3)cc21. The number of nitrogens with one attached hydrogen (secondary N) is 2. The van der Waals surface area contributed by atoms with Crippen molar-refractivity contribution in [3.8, 4) is 11.4 Å². The average molecular weight is 392 g/mol. The molecule has 0 saturated heterocycles. The van der Waals surface area contributed by atoms with Crippen molar-refractivity contribution >= 4 is 22.5 Å². The maximum atomic E-state index is 14.0. The largest absolute Gasteiger partial charge is 0.323 e. The van der Waals surface area contributed by atoms with Gasteiger partial charge in [0, 0.05) is 30.3 Å². The Bertz CT molecular complexity index is 1030. The van der Waals surface area contributed by atoms with Crippen LogP contribution in [-0.4, -0.2) is 42.5 Å². The van der Waals surface area contributed by atoms with Gasteiger partial charge in [0.15, 0.2) is 0 Å². The predicted molar refractivity (Wildman–Crippen MR) is 96.6 cm³/mol. The second-order valence-electron chi connectivity index (χ2n) is 7.76. The van der Waals surface area contributed by atoms with E-state index in [1.165, 1.54) is 20.0 Å². The van der Waals surface area contributed by atoms with Crippen LogP contribution >= 0.6 is 0 Å². The number of H-pyrrole nitrogens is 1. The Morgan fingerprint density at radius 1 is 1.36 bits per heavy atom. The molecular formula is C18H19F3N6O. The highest BCUT2D eigenvalue weighted by molar-refractivity contribution is 5.96. The zero-order chi connectivity index (χ0) is 20.1. The molecule has 1 amide bonds. The number of pyridine rings is 1. The van der Waals surface area contributed by atoms with Crippen LogP contribution in [0.2, 0.25) is 0 Å². The van der Waals surface area contributed by atoms with Crippen LogP contribution in [0.25, 0.3) is 22.3 Å². The van der Waals surface area contributed by atoms with Crippen LogP contribution in [0.4, 0.5) is 18.9 Å². The lowest BCUT2D eigenvalue weighted by atomic mass is 9.81. The number of halogens is 3. The fraction of sp³-hybridized carbons (Fsp3) is 0.444. The fourth-order valence-electron chi connectivity index (χ4n) is 3.25. The average Bonchev–Trinajstić information content (AvgIpc) is 3.18. The van der Waals surface area contributed by atoms with Crippen molar-refractivity contribution in [1.29, 1.82) is 0 Å². The highest BCUT2D eigenvalue weighted by Gasteiger charge is 2.48. The molecule has 4 rings (SSSR count). The van der Waals surface area contributed by atoms with E-state index in [4.69, 9.17) is 0 Å². The van der Waals surface area contributed by atoms with Gasteiger partial charge in [0.05, 0.1) is 35.8 Å². The molecule has 1 saturated carbocycles. The Morgan fingerprint density at radius 2 is 2.11 bits per heavy atom. The summed E-state index contributed by atoms with van der Waals surface area (Å²) in [5.41, 5.74) is 0.497. The monoisotopic (exact) mass is 392 g/mol. The van der Waals surface area contributed by atoms with Gasteiger partial charge in [0.25, 0.3) is 0 Å².